The molecule has 0 aromatic rings. The minimum Gasteiger partial charge on any atom is -0.380 e. The van der Waals surface area contributed by atoms with Crippen LogP contribution < -0.4 is 5.73 Å². The van der Waals surface area contributed by atoms with Crippen LogP contribution >= 0.6 is 0 Å². The summed E-state index contributed by atoms with van der Waals surface area (Å²) in [4.78, 5) is 0. The molecule has 0 bridgehead atoms. The molecule has 1 fully saturated rings. The van der Waals surface area contributed by atoms with Crippen molar-refractivity contribution in [3.8, 4) is 0 Å². The van der Waals surface area contributed by atoms with Gasteiger partial charge in [-0.3, -0.25) is 0 Å². The van der Waals surface area contributed by atoms with Gasteiger partial charge in [0.2, 0.25) is 0 Å². The number of hydrogen-bond donors (Lipinski definition) is 1. The molecule has 72 valence electrons. The van der Waals surface area contributed by atoms with Gasteiger partial charge >= 0.3 is 0 Å². The predicted molar refractivity (Wildman–Crippen MR) is 51.0 cm³/mol. The van der Waals surface area contributed by atoms with Crippen molar-refractivity contribution >= 4 is 0 Å². The first-order chi connectivity index (χ1) is 5.52. The normalized spacial score (nSPS) is 22.0. The van der Waals surface area contributed by atoms with Gasteiger partial charge in [0, 0.05) is 5.41 Å². The molecular weight excluding hydrogens is 150 g/mol. The van der Waals surface area contributed by atoms with Crippen LogP contribution in [0, 0.1) is 10.8 Å². The van der Waals surface area contributed by atoms with Crippen LogP contribution in [0.3, 0.4) is 0 Å². The Hall–Kier alpha value is -0.0800. The lowest BCUT2D eigenvalue weighted by Gasteiger charge is -2.51. The molecule has 1 saturated heterocycles. The second-order valence-corrected chi connectivity index (χ2v) is 4.92. The molecule has 2 heteroatoms. The highest BCUT2D eigenvalue weighted by Crippen LogP contribution is 2.47. The first kappa shape index (κ1) is 10.0. The maximum absolute atomic E-state index is 5.52. The lowest BCUT2D eigenvalue weighted by atomic mass is 9.63. The minimum atomic E-state index is 0.362. The van der Waals surface area contributed by atoms with Crippen LogP contribution in [-0.4, -0.2) is 19.8 Å². The number of rotatable bonds is 3. The highest BCUT2D eigenvalue weighted by molar-refractivity contribution is 4.95. The zero-order valence-corrected chi connectivity index (χ0v) is 8.52. The van der Waals surface area contributed by atoms with E-state index in [-0.39, 0.29) is 0 Å². The van der Waals surface area contributed by atoms with E-state index in [4.69, 9.17) is 10.5 Å². The molecule has 0 aromatic carbocycles. The highest BCUT2D eigenvalue weighted by atomic mass is 16.5. The van der Waals surface area contributed by atoms with Gasteiger partial charge in [0.25, 0.3) is 0 Å². The van der Waals surface area contributed by atoms with Crippen LogP contribution in [-0.2, 0) is 4.74 Å². The van der Waals surface area contributed by atoms with Gasteiger partial charge in [0.15, 0.2) is 0 Å². The molecule has 1 heterocycles. The quantitative estimate of drug-likeness (QED) is 0.702. The molecule has 2 N–H and O–H groups in total. The molecular formula is C10H21NO. The van der Waals surface area contributed by atoms with E-state index >= 15 is 0 Å². The van der Waals surface area contributed by atoms with Crippen molar-refractivity contribution in [2.75, 3.05) is 19.8 Å². The SMILES string of the molecule is CC(C)(C)C1(CCCN)COC1. The van der Waals surface area contributed by atoms with Gasteiger partial charge in [-0.2, -0.15) is 0 Å². The van der Waals surface area contributed by atoms with Crippen molar-refractivity contribution in [3.05, 3.63) is 0 Å². The van der Waals surface area contributed by atoms with Crippen LogP contribution in [0.2, 0.25) is 0 Å². The van der Waals surface area contributed by atoms with Crippen LogP contribution in [0.4, 0.5) is 0 Å². The third-order valence-electron chi connectivity index (χ3n) is 3.21. The molecule has 12 heavy (non-hydrogen) atoms. The van der Waals surface area contributed by atoms with Crippen LogP contribution in [0.5, 0.6) is 0 Å². The van der Waals surface area contributed by atoms with Gasteiger partial charge in [-0.05, 0) is 24.8 Å². The Labute approximate surface area is 75.5 Å². The summed E-state index contributed by atoms with van der Waals surface area (Å²) < 4.78 is 5.32. The second kappa shape index (κ2) is 3.35. The maximum atomic E-state index is 5.52. The average Bonchev–Trinajstić information content (AvgIpc) is 1.82. The van der Waals surface area contributed by atoms with Crippen molar-refractivity contribution in [1.29, 1.82) is 0 Å². The molecule has 0 aromatic heterocycles. The Morgan fingerprint density at radius 1 is 1.33 bits per heavy atom. The van der Waals surface area contributed by atoms with Gasteiger partial charge in [0.1, 0.15) is 0 Å². The van der Waals surface area contributed by atoms with Crippen LogP contribution in [0.25, 0.3) is 0 Å². The Bertz CT molecular complexity index is 144. The molecule has 1 rings (SSSR count). The van der Waals surface area contributed by atoms with Crippen molar-refractivity contribution in [1.82, 2.24) is 0 Å². The summed E-state index contributed by atoms with van der Waals surface area (Å²) >= 11 is 0. The lowest BCUT2D eigenvalue weighted by Crippen LogP contribution is -2.52. The van der Waals surface area contributed by atoms with Crippen LogP contribution in [0.15, 0.2) is 0 Å². The van der Waals surface area contributed by atoms with Gasteiger partial charge < -0.3 is 10.5 Å². The molecule has 0 amide bonds. The Kier molecular flexibility index (Phi) is 2.79. The standard InChI is InChI=1S/C10H21NO/c1-9(2,3)10(5-4-6-11)7-12-8-10/h4-8,11H2,1-3H3. The molecule has 1 aliphatic rings. The summed E-state index contributed by atoms with van der Waals surface area (Å²) in [5.74, 6) is 0. The maximum Gasteiger partial charge on any atom is 0.0549 e. The van der Waals surface area contributed by atoms with E-state index in [9.17, 15) is 0 Å². The van der Waals surface area contributed by atoms with Gasteiger partial charge in [-0.1, -0.05) is 20.8 Å². The Balaban J connectivity index is 2.51. The second-order valence-electron chi connectivity index (χ2n) is 4.92. The molecule has 0 saturated carbocycles. The van der Waals surface area contributed by atoms with Gasteiger partial charge in [0.05, 0.1) is 13.2 Å². The van der Waals surface area contributed by atoms with Crippen molar-refractivity contribution in [3.63, 3.8) is 0 Å². The van der Waals surface area contributed by atoms with Crippen molar-refractivity contribution < 1.29 is 4.74 Å². The van der Waals surface area contributed by atoms with E-state index in [1.165, 1.54) is 6.42 Å². The summed E-state index contributed by atoms with van der Waals surface area (Å²) in [7, 11) is 0. The smallest absolute Gasteiger partial charge is 0.0549 e. The summed E-state index contributed by atoms with van der Waals surface area (Å²) in [6, 6.07) is 0. The fraction of sp³-hybridized carbons (Fsp3) is 1.00. The third-order valence-corrected chi connectivity index (χ3v) is 3.21. The number of hydrogen-bond acceptors (Lipinski definition) is 2. The zero-order valence-electron chi connectivity index (χ0n) is 8.52. The van der Waals surface area contributed by atoms with Crippen molar-refractivity contribution in [2.24, 2.45) is 16.6 Å². The molecule has 0 unspecified atom stereocenters. The zero-order chi connectivity index (χ0) is 9.24. The van der Waals surface area contributed by atoms with E-state index in [1.54, 1.807) is 0 Å². The summed E-state index contributed by atoms with van der Waals surface area (Å²) in [6.45, 7) is 9.55. The Morgan fingerprint density at radius 3 is 2.17 bits per heavy atom. The molecule has 2 nitrogen and oxygen atoms in total. The first-order valence-corrected chi connectivity index (χ1v) is 4.80. The van der Waals surface area contributed by atoms with Crippen molar-refractivity contribution in [2.45, 2.75) is 33.6 Å². The van der Waals surface area contributed by atoms with Crippen LogP contribution in [0.1, 0.15) is 33.6 Å². The van der Waals surface area contributed by atoms with E-state index in [0.717, 1.165) is 26.2 Å². The average molecular weight is 171 g/mol. The fourth-order valence-corrected chi connectivity index (χ4v) is 1.74. The topological polar surface area (TPSA) is 35.2 Å². The molecule has 1 aliphatic heterocycles. The minimum absolute atomic E-state index is 0.362. The monoisotopic (exact) mass is 171 g/mol. The lowest BCUT2D eigenvalue weighted by molar-refractivity contribution is -0.174. The van der Waals surface area contributed by atoms with E-state index in [1.807, 2.05) is 0 Å². The Morgan fingerprint density at radius 2 is 1.92 bits per heavy atom. The number of nitrogens with two attached hydrogens (primary N) is 1. The van der Waals surface area contributed by atoms with Gasteiger partial charge in [-0.25, -0.2) is 0 Å². The highest BCUT2D eigenvalue weighted by Gasteiger charge is 2.47. The predicted octanol–water partition coefficient (Wildman–Crippen LogP) is 1.79. The molecule has 0 aliphatic carbocycles. The van der Waals surface area contributed by atoms with E-state index in [2.05, 4.69) is 20.8 Å². The molecule has 0 spiro atoms. The van der Waals surface area contributed by atoms with E-state index < -0.39 is 0 Å². The fourth-order valence-electron chi connectivity index (χ4n) is 1.74. The van der Waals surface area contributed by atoms with E-state index in [0.29, 0.717) is 10.8 Å². The number of ether oxygens (including phenoxy) is 1. The summed E-state index contributed by atoms with van der Waals surface area (Å²) in [5, 5.41) is 0. The largest absolute Gasteiger partial charge is 0.380 e. The third kappa shape index (κ3) is 1.64. The summed E-state index contributed by atoms with van der Waals surface area (Å²) in [5.41, 5.74) is 6.29. The molecule has 0 atom stereocenters. The van der Waals surface area contributed by atoms with Gasteiger partial charge in [-0.15, -0.1) is 0 Å². The first-order valence-electron chi connectivity index (χ1n) is 4.80. The summed E-state index contributed by atoms with van der Waals surface area (Å²) in [6.07, 6.45) is 2.34. The molecule has 0 radical (unpaired) electrons.